The van der Waals surface area contributed by atoms with Crippen molar-refractivity contribution >= 4 is 21.7 Å². The third-order valence-corrected chi connectivity index (χ3v) is 3.76. The molecule has 0 aliphatic carbocycles. The lowest BCUT2D eigenvalue weighted by Gasteiger charge is -2.07. The van der Waals surface area contributed by atoms with Crippen molar-refractivity contribution in [2.75, 3.05) is 4.72 Å². The number of carboxylic acid groups (broad SMARTS) is 1. The van der Waals surface area contributed by atoms with Crippen LogP contribution in [0.5, 0.6) is 5.75 Å². The van der Waals surface area contributed by atoms with Crippen molar-refractivity contribution in [3.05, 3.63) is 41.7 Å². The number of sulfonamides is 1. The highest BCUT2D eigenvalue weighted by atomic mass is 32.2. The van der Waals surface area contributed by atoms with Crippen LogP contribution in [0.15, 0.2) is 39.8 Å². The number of phenolic OH excluding ortho intramolecular Hbond substituents is 1. The first-order valence-corrected chi connectivity index (χ1v) is 6.93. The van der Waals surface area contributed by atoms with Gasteiger partial charge in [0.1, 0.15) is 5.75 Å². The molecule has 2 rings (SSSR count). The van der Waals surface area contributed by atoms with E-state index in [1.165, 1.54) is 18.2 Å². The van der Waals surface area contributed by atoms with Crippen LogP contribution in [0.1, 0.15) is 16.1 Å². The average molecular weight is 297 g/mol. The Bertz CT molecular complexity index is 762. The largest absolute Gasteiger partial charge is 0.508 e. The van der Waals surface area contributed by atoms with Gasteiger partial charge < -0.3 is 14.6 Å². The Kier molecular flexibility index (Phi) is 3.41. The fraction of sp³-hybridized carbons (Fsp3) is 0.0833. The number of phenols is 1. The molecule has 7 nitrogen and oxygen atoms in total. The van der Waals surface area contributed by atoms with E-state index in [0.717, 1.165) is 12.1 Å². The van der Waals surface area contributed by atoms with Gasteiger partial charge in [-0.05, 0) is 42.8 Å². The Labute approximate surface area is 114 Å². The highest BCUT2D eigenvalue weighted by molar-refractivity contribution is 7.92. The zero-order valence-electron chi connectivity index (χ0n) is 10.3. The molecule has 1 aromatic heterocycles. The Balaban J connectivity index is 2.30. The molecule has 0 fully saturated rings. The molecule has 0 aliphatic heterocycles. The smallest absolute Gasteiger partial charge is 0.371 e. The first-order valence-electron chi connectivity index (χ1n) is 5.45. The summed E-state index contributed by atoms with van der Waals surface area (Å²) >= 11 is 0. The van der Waals surface area contributed by atoms with E-state index in [4.69, 9.17) is 9.52 Å². The summed E-state index contributed by atoms with van der Waals surface area (Å²) < 4.78 is 30.9. The van der Waals surface area contributed by atoms with Crippen molar-refractivity contribution in [2.45, 2.75) is 12.0 Å². The molecule has 0 bridgehead atoms. The Morgan fingerprint density at radius 2 is 1.95 bits per heavy atom. The van der Waals surface area contributed by atoms with Gasteiger partial charge in [-0.2, -0.15) is 8.42 Å². The molecule has 3 N–H and O–H groups in total. The second-order valence-electron chi connectivity index (χ2n) is 4.03. The van der Waals surface area contributed by atoms with Crippen LogP contribution in [-0.2, 0) is 10.0 Å². The van der Waals surface area contributed by atoms with Crippen LogP contribution >= 0.6 is 0 Å². The SMILES string of the molecule is Cc1cc(NS(=O)(=O)c2ccc(C(=O)O)o2)ccc1O. The van der Waals surface area contributed by atoms with Crippen LogP contribution in [0.25, 0.3) is 0 Å². The van der Waals surface area contributed by atoms with Gasteiger partial charge in [-0.25, -0.2) is 4.79 Å². The highest BCUT2D eigenvalue weighted by Crippen LogP contribution is 2.23. The molecule has 0 unspecified atom stereocenters. The number of aromatic carboxylic acids is 1. The van der Waals surface area contributed by atoms with Gasteiger partial charge in [0.05, 0.1) is 0 Å². The van der Waals surface area contributed by atoms with Crippen molar-refractivity contribution in [2.24, 2.45) is 0 Å². The number of benzene rings is 1. The Morgan fingerprint density at radius 1 is 1.25 bits per heavy atom. The van der Waals surface area contributed by atoms with E-state index in [-0.39, 0.29) is 11.4 Å². The summed E-state index contributed by atoms with van der Waals surface area (Å²) in [5, 5.41) is 17.5. The summed E-state index contributed by atoms with van der Waals surface area (Å²) in [6, 6.07) is 6.27. The van der Waals surface area contributed by atoms with Crippen LogP contribution in [0.2, 0.25) is 0 Å². The molecule has 20 heavy (non-hydrogen) atoms. The molecule has 0 saturated carbocycles. The van der Waals surface area contributed by atoms with Crippen molar-refractivity contribution in [1.29, 1.82) is 0 Å². The minimum atomic E-state index is -4.02. The van der Waals surface area contributed by atoms with Gasteiger partial charge >= 0.3 is 5.97 Å². The lowest BCUT2D eigenvalue weighted by molar-refractivity contribution is 0.0656. The van der Waals surface area contributed by atoms with Gasteiger partial charge in [-0.15, -0.1) is 0 Å². The Hall–Kier alpha value is -2.48. The molecule has 1 aromatic carbocycles. The molecule has 0 atom stereocenters. The van der Waals surface area contributed by atoms with E-state index >= 15 is 0 Å². The highest BCUT2D eigenvalue weighted by Gasteiger charge is 2.21. The Morgan fingerprint density at radius 3 is 2.50 bits per heavy atom. The maximum absolute atomic E-state index is 12.0. The van der Waals surface area contributed by atoms with Crippen LogP contribution in [0.3, 0.4) is 0 Å². The molecule has 0 spiro atoms. The van der Waals surface area contributed by atoms with Crippen molar-refractivity contribution in [1.82, 2.24) is 0 Å². The average Bonchev–Trinajstić information content (AvgIpc) is 2.84. The maximum Gasteiger partial charge on any atom is 0.371 e. The quantitative estimate of drug-likeness (QED) is 0.741. The van der Waals surface area contributed by atoms with E-state index in [1.54, 1.807) is 6.92 Å². The fourth-order valence-corrected chi connectivity index (χ4v) is 2.49. The molecule has 0 aliphatic rings. The van der Waals surface area contributed by atoms with Gasteiger partial charge in [-0.3, -0.25) is 4.72 Å². The third-order valence-electron chi connectivity index (χ3n) is 2.51. The standard InChI is InChI=1S/C12H11NO6S/c1-7-6-8(2-3-9(7)14)13-20(17,18)11-5-4-10(19-11)12(15)16/h2-6,13-14H,1H3,(H,15,16). The second kappa shape index (κ2) is 4.89. The summed E-state index contributed by atoms with van der Waals surface area (Å²) in [6.07, 6.45) is 0. The summed E-state index contributed by atoms with van der Waals surface area (Å²) in [5.41, 5.74) is 0.726. The van der Waals surface area contributed by atoms with E-state index in [1.807, 2.05) is 0 Å². The maximum atomic E-state index is 12.0. The van der Waals surface area contributed by atoms with E-state index < -0.39 is 26.8 Å². The number of furan rings is 1. The lowest BCUT2D eigenvalue weighted by Crippen LogP contribution is -2.12. The fourth-order valence-electron chi connectivity index (χ4n) is 1.50. The molecule has 8 heteroatoms. The topological polar surface area (TPSA) is 117 Å². The van der Waals surface area contributed by atoms with Gasteiger partial charge in [0.2, 0.25) is 10.9 Å². The van der Waals surface area contributed by atoms with Gasteiger partial charge in [0.15, 0.2) is 0 Å². The zero-order valence-corrected chi connectivity index (χ0v) is 11.1. The van der Waals surface area contributed by atoms with E-state index in [0.29, 0.717) is 5.56 Å². The monoisotopic (exact) mass is 297 g/mol. The number of hydrogen-bond acceptors (Lipinski definition) is 5. The number of aromatic hydroxyl groups is 1. The molecular weight excluding hydrogens is 286 g/mol. The summed E-state index contributed by atoms with van der Waals surface area (Å²) in [4.78, 5) is 10.6. The van der Waals surface area contributed by atoms with Gasteiger partial charge in [-0.1, -0.05) is 0 Å². The van der Waals surface area contributed by atoms with Crippen molar-refractivity contribution < 1.29 is 27.8 Å². The van der Waals surface area contributed by atoms with Crippen LogP contribution < -0.4 is 4.72 Å². The van der Waals surface area contributed by atoms with E-state index in [2.05, 4.69) is 4.72 Å². The number of aryl methyl sites for hydroxylation is 1. The van der Waals surface area contributed by atoms with E-state index in [9.17, 15) is 18.3 Å². The number of carboxylic acids is 1. The van der Waals surface area contributed by atoms with Gasteiger partial charge in [0, 0.05) is 5.69 Å². The predicted molar refractivity (Wildman–Crippen MR) is 69.3 cm³/mol. The molecular formula is C12H11NO6S. The predicted octanol–water partition coefficient (Wildman–Crippen LogP) is 1.79. The molecule has 2 aromatic rings. The first-order chi connectivity index (χ1) is 9.29. The number of rotatable bonds is 4. The van der Waals surface area contributed by atoms with Crippen molar-refractivity contribution in [3.8, 4) is 5.75 Å². The zero-order chi connectivity index (χ0) is 14.9. The minimum Gasteiger partial charge on any atom is -0.508 e. The molecule has 106 valence electrons. The van der Waals surface area contributed by atoms with Gasteiger partial charge in [0.25, 0.3) is 10.0 Å². The minimum absolute atomic E-state index is 0.0408. The number of carbonyl (C=O) groups is 1. The summed E-state index contributed by atoms with van der Waals surface area (Å²) in [7, 11) is -4.02. The second-order valence-corrected chi connectivity index (χ2v) is 5.64. The summed E-state index contributed by atoms with van der Waals surface area (Å²) in [5.74, 6) is -1.78. The van der Waals surface area contributed by atoms with Crippen LogP contribution in [0.4, 0.5) is 5.69 Å². The molecule has 0 amide bonds. The number of anilines is 1. The first kappa shape index (κ1) is 13.9. The van der Waals surface area contributed by atoms with Crippen LogP contribution in [0, 0.1) is 6.92 Å². The normalized spacial score (nSPS) is 11.2. The summed E-state index contributed by atoms with van der Waals surface area (Å²) in [6.45, 7) is 1.61. The molecule has 0 radical (unpaired) electrons. The number of nitrogens with one attached hydrogen (secondary N) is 1. The van der Waals surface area contributed by atoms with Crippen LogP contribution in [-0.4, -0.2) is 24.6 Å². The lowest BCUT2D eigenvalue weighted by atomic mass is 10.2. The molecule has 0 saturated heterocycles. The molecule has 1 heterocycles. The number of hydrogen-bond donors (Lipinski definition) is 3. The third kappa shape index (κ3) is 2.75. The van der Waals surface area contributed by atoms with Crippen molar-refractivity contribution in [3.63, 3.8) is 0 Å².